The lowest BCUT2D eigenvalue weighted by atomic mass is 10.0. The Bertz CT molecular complexity index is 5470. The van der Waals surface area contributed by atoms with E-state index in [0.29, 0.717) is 126 Å². The fourth-order valence-corrected chi connectivity index (χ4v) is 14.5. The summed E-state index contributed by atoms with van der Waals surface area (Å²) in [6.45, 7) is 39.7. The van der Waals surface area contributed by atoms with Crippen LogP contribution in [0.5, 0.6) is 17.2 Å². The van der Waals surface area contributed by atoms with Crippen LogP contribution in [0.3, 0.4) is 0 Å². The molecule has 22 heteroatoms. The number of fused-ring (bicyclic) bond motifs is 3. The number of benzene rings is 6. The van der Waals surface area contributed by atoms with Crippen LogP contribution in [-0.2, 0) is 19.3 Å². The number of aromatic nitrogens is 6. The van der Waals surface area contributed by atoms with E-state index in [4.69, 9.17) is 64.7 Å². The first-order valence-electron chi connectivity index (χ1n) is 41.3. The standard InChI is InChI=1S/C38H53N5O3.C29H32N6O2.C26H27N5O/c1-8-14-17-18-33-30(11-4)38(44)43-37(40-33)36(39-32-22-19-28(25-27(32)7)42(12-5)13-6)35(41-43)31-21-20-29(45-23-15-9-2)26-34(31)46-24-16-10-3;1-6-23-20(5)29(36)35-28(32-23)27(26(33-35)22-12-9-10-13-25(22)37-8-3)31-24-15-14-21(18-19(24)4)34(7-2)17-11-16-30;1-16-9-5-6-10-21(16)23-24(25-27-19(4)18(3)26(32)31(25)29-23)28-22-12-11-20(15-17(22)2)30-13-7-8-14-30/h19-22,25-26H,8-18,23-24H2,1-7H3;9-10,12-15,18H,6-8,11,17H2,1-5H3;5-6,9-12,15H,7-8,13-14H2,1-4H3. The van der Waals surface area contributed by atoms with Crippen LogP contribution in [0.4, 0.5) is 34.1 Å². The van der Waals surface area contributed by atoms with Crippen molar-refractivity contribution < 1.29 is 14.2 Å². The Morgan fingerprint density at radius 3 is 1.53 bits per heavy atom. The fraction of sp³-hybridized carbons (Fsp3) is 0.409. The van der Waals surface area contributed by atoms with Crippen LogP contribution in [-0.4, -0.2) is 122 Å². The zero-order chi connectivity index (χ0) is 82.0. The molecule has 0 radical (unpaired) electrons. The van der Waals surface area contributed by atoms with Crippen LogP contribution < -0.4 is 45.6 Å². The van der Waals surface area contributed by atoms with Crippen molar-refractivity contribution in [3.05, 3.63) is 243 Å². The minimum Gasteiger partial charge on any atom is -0.493 e. The highest BCUT2D eigenvalue weighted by molar-refractivity contribution is 6.56. The predicted molar refractivity (Wildman–Crippen MR) is 469 cm³/mol. The molecule has 0 atom stereocenters. The normalized spacial score (nSPS) is 14.2. The van der Waals surface area contributed by atoms with Gasteiger partial charge in [0.15, 0.2) is 17.5 Å². The summed E-state index contributed by atoms with van der Waals surface area (Å²) in [5.41, 5.74) is 19.9. The molecule has 22 nitrogen and oxygen atoms in total. The van der Waals surface area contributed by atoms with E-state index < -0.39 is 0 Å². The summed E-state index contributed by atoms with van der Waals surface area (Å²) >= 11 is 0. The summed E-state index contributed by atoms with van der Waals surface area (Å²) in [4.78, 5) is 77.0. The van der Waals surface area contributed by atoms with Gasteiger partial charge in [0.2, 0.25) is 0 Å². The summed E-state index contributed by atoms with van der Waals surface area (Å²) in [5, 5.41) is 23.3. The number of nitriles is 1. The molecular weight excluding hydrogens is 1440 g/mol. The van der Waals surface area contributed by atoms with Crippen LogP contribution in [0.2, 0.25) is 0 Å². The number of hydrogen-bond donors (Lipinski definition) is 0. The molecule has 0 saturated carbocycles. The Morgan fingerprint density at radius 2 is 0.983 bits per heavy atom. The van der Waals surface area contributed by atoms with Crippen LogP contribution in [0, 0.1) is 59.8 Å². The first-order chi connectivity index (χ1) is 55.8. The van der Waals surface area contributed by atoms with Crippen LogP contribution in [0.1, 0.15) is 217 Å². The largest absolute Gasteiger partial charge is 0.493 e. The van der Waals surface area contributed by atoms with E-state index in [2.05, 4.69) is 119 Å². The Morgan fingerprint density at radius 1 is 0.470 bits per heavy atom. The van der Waals surface area contributed by atoms with E-state index in [1.807, 2.05) is 120 Å². The Labute approximate surface area is 677 Å². The third-order valence-corrected chi connectivity index (χ3v) is 21.4. The van der Waals surface area contributed by atoms with Gasteiger partial charge < -0.3 is 28.9 Å². The summed E-state index contributed by atoms with van der Waals surface area (Å²) in [6, 6.07) is 42.6. The lowest BCUT2D eigenvalue weighted by molar-refractivity contribution is 0.294. The predicted octanol–water partition coefficient (Wildman–Crippen LogP) is 17.8. The zero-order valence-electron chi connectivity index (χ0n) is 70.2. The lowest BCUT2D eigenvalue weighted by Crippen LogP contribution is -2.27. The quantitative estimate of drug-likeness (QED) is 0.0381. The fourth-order valence-electron chi connectivity index (χ4n) is 14.5. The van der Waals surface area contributed by atoms with Crippen molar-refractivity contribution >= 4 is 68.4 Å². The number of anilines is 3. The second-order valence-electron chi connectivity index (χ2n) is 29.3. The van der Waals surface area contributed by atoms with Crippen LogP contribution in [0.25, 0.3) is 0 Å². The third-order valence-electron chi connectivity index (χ3n) is 21.4. The number of ether oxygens (including phenoxy) is 3. The van der Waals surface area contributed by atoms with Crippen molar-refractivity contribution in [2.75, 3.05) is 73.8 Å². The number of para-hydroxylation sites is 1. The average Bonchev–Trinajstić information content (AvgIpc) is 1.61. The van der Waals surface area contributed by atoms with Gasteiger partial charge in [0.25, 0.3) is 16.7 Å². The van der Waals surface area contributed by atoms with Gasteiger partial charge in [-0.05, 0) is 229 Å². The number of rotatable bonds is 30. The number of hydrogen-bond acceptors (Lipinski definition) is 19. The molecule has 0 spiro atoms. The van der Waals surface area contributed by atoms with Gasteiger partial charge in [-0.3, -0.25) is 14.4 Å². The molecule has 4 aliphatic heterocycles. The van der Waals surface area contributed by atoms with Crippen LogP contribution in [0.15, 0.2) is 166 Å². The molecule has 9 aromatic rings. The molecule has 1 saturated heterocycles. The summed E-state index contributed by atoms with van der Waals surface area (Å²) in [5.74, 6) is 3.51. The van der Waals surface area contributed by atoms with Gasteiger partial charge in [0.05, 0.1) is 60.8 Å². The highest BCUT2D eigenvalue weighted by Gasteiger charge is 2.35. The molecule has 0 unspecified atom stereocenters. The molecule has 6 aromatic carbocycles. The minimum absolute atomic E-state index is 0.122. The van der Waals surface area contributed by atoms with Crippen molar-refractivity contribution in [2.24, 2.45) is 30.3 Å². The second kappa shape index (κ2) is 39.3. The lowest BCUT2D eigenvalue weighted by Gasteiger charge is -2.22. The maximum atomic E-state index is 14.0. The number of nitrogens with zero attached hydrogens (tertiary/aromatic N) is 16. The number of aliphatic imine (C=N–C) groups is 3. The number of aryl methyl sites for hydroxylation is 7. The molecule has 4 aliphatic rings. The maximum absolute atomic E-state index is 14.0. The Hall–Kier alpha value is -11.7. The molecular formula is C93H112N16O6. The van der Waals surface area contributed by atoms with Gasteiger partial charge in [-0.25, -0.2) is 29.9 Å². The van der Waals surface area contributed by atoms with E-state index in [1.54, 1.807) is 13.8 Å². The Balaban J connectivity index is 0.000000173. The van der Waals surface area contributed by atoms with E-state index in [1.165, 1.54) is 32.6 Å². The molecule has 0 bridgehead atoms. The Kier molecular flexibility index (Phi) is 28.8. The molecule has 3 aromatic heterocycles. The molecule has 0 N–H and O–H groups in total. The van der Waals surface area contributed by atoms with Crippen molar-refractivity contribution in [2.45, 2.75) is 194 Å². The SMILES string of the molecule is CCCCCc1nc2n(c(=O)c1CC)N=C(c1ccc(OCCCC)cc1OCCCC)C2=Nc1ccc(N(CC)CC)cc1C.CCOc1ccccc1C1=Nn2c(nc(CC)c(C)c2=O)C1=Nc1ccc(N(CC)CCC#N)cc1C.Cc1cc(N2CCCC2)ccc1N=C1C(c2ccccc2C)=Nn2c1nc(C)c(C)c2=O. The summed E-state index contributed by atoms with van der Waals surface area (Å²) < 4.78 is 22.5. The molecule has 0 aliphatic carbocycles. The van der Waals surface area contributed by atoms with E-state index >= 15 is 0 Å². The van der Waals surface area contributed by atoms with Gasteiger partial charge in [0, 0.05) is 101 Å². The molecule has 600 valence electrons. The molecule has 115 heavy (non-hydrogen) atoms. The minimum atomic E-state index is -0.193. The van der Waals surface area contributed by atoms with Gasteiger partial charge in [-0.2, -0.15) is 34.6 Å². The van der Waals surface area contributed by atoms with E-state index in [9.17, 15) is 14.4 Å². The molecule has 7 heterocycles. The average molecular weight is 1550 g/mol. The zero-order valence-corrected chi connectivity index (χ0v) is 70.2. The highest BCUT2D eigenvalue weighted by atomic mass is 16.5. The van der Waals surface area contributed by atoms with Crippen molar-refractivity contribution in [3.63, 3.8) is 0 Å². The first-order valence-corrected chi connectivity index (χ1v) is 41.3. The van der Waals surface area contributed by atoms with E-state index in [-0.39, 0.29) is 16.7 Å². The van der Waals surface area contributed by atoms with Gasteiger partial charge in [0.1, 0.15) is 51.5 Å². The van der Waals surface area contributed by atoms with Crippen molar-refractivity contribution in [3.8, 4) is 23.3 Å². The highest BCUT2D eigenvalue weighted by Crippen LogP contribution is 2.36. The monoisotopic (exact) mass is 1550 g/mol. The maximum Gasteiger partial charge on any atom is 0.277 e. The third kappa shape index (κ3) is 18.9. The van der Waals surface area contributed by atoms with Gasteiger partial charge in [-0.1, -0.05) is 96.7 Å². The van der Waals surface area contributed by atoms with Gasteiger partial charge in [-0.15, -0.1) is 0 Å². The molecule has 1 fully saturated rings. The second-order valence-corrected chi connectivity index (χ2v) is 29.3. The number of unbranched alkanes of at least 4 members (excludes halogenated alkanes) is 4. The van der Waals surface area contributed by atoms with Crippen molar-refractivity contribution in [1.29, 1.82) is 5.26 Å². The smallest absolute Gasteiger partial charge is 0.277 e. The van der Waals surface area contributed by atoms with Crippen LogP contribution >= 0.6 is 0 Å². The molecule has 13 rings (SSSR count). The first kappa shape index (κ1) is 84.2. The van der Waals surface area contributed by atoms with Gasteiger partial charge >= 0.3 is 0 Å². The van der Waals surface area contributed by atoms with Crippen molar-refractivity contribution in [1.82, 2.24) is 29.0 Å². The molecule has 0 amide bonds. The summed E-state index contributed by atoms with van der Waals surface area (Å²) in [6.07, 6.45) is 12.1. The summed E-state index contributed by atoms with van der Waals surface area (Å²) in [7, 11) is 0. The topological polar surface area (TPSA) is 240 Å². The van der Waals surface area contributed by atoms with E-state index in [0.717, 1.165) is 174 Å².